The van der Waals surface area contributed by atoms with Crippen LogP contribution in [0.4, 0.5) is 23.7 Å². The highest BCUT2D eigenvalue weighted by Gasteiger charge is 2.46. The van der Waals surface area contributed by atoms with Crippen LogP contribution < -0.4 is 11.1 Å². The van der Waals surface area contributed by atoms with Gasteiger partial charge in [0, 0.05) is 11.3 Å². The highest BCUT2D eigenvalue weighted by Crippen LogP contribution is 2.42. The Kier molecular flexibility index (Phi) is 5.68. The van der Waals surface area contributed by atoms with Crippen LogP contribution in [0.1, 0.15) is 32.4 Å². The Morgan fingerprint density at radius 3 is 2.65 bits per heavy atom. The predicted molar refractivity (Wildman–Crippen MR) is 90.7 cm³/mol. The summed E-state index contributed by atoms with van der Waals surface area (Å²) in [5.41, 5.74) is 3.33. The van der Waals surface area contributed by atoms with E-state index in [2.05, 4.69) is 10.3 Å². The second-order valence-electron chi connectivity index (χ2n) is 7.16. The molecular formula is C17H22F3N3O3. The number of nitrogens with zero attached hydrogens (tertiary/aromatic N) is 1. The van der Waals surface area contributed by atoms with Crippen LogP contribution in [0.15, 0.2) is 23.2 Å². The van der Waals surface area contributed by atoms with Gasteiger partial charge in [-0.25, -0.2) is 19.5 Å². The van der Waals surface area contributed by atoms with Crippen LogP contribution >= 0.6 is 0 Å². The largest absolute Gasteiger partial charge is 0.464 e. The summed E-state index contributed by atoms with van der Waals surface area (Å²) in [6.45, 7) is 2.29. The van der Waals surface area contributed by atoms with Crippen LogP contribution in [0.5, 0.6) is 0 Å². The third-order valence-electron chi connectivity index (χ3n) is 3.78. The van der Waals surface area contributed by atoms with E-state index in [1.165, 1.54) is 12.1 Å². The number of nitrogens with one attached hydrogen (secondary N) is 1. The number of halogens is 3. The number of nitrogen functional groups attached to an aromatic ring is 1. The lowest BCUT2D eigenvalue weighted by atomic mass is 9.79. The second kappa shape index (κ2) is 7.43. The molecule has 0 aromatic heterocycles. The number of hydrogen-bond acceptors (Lipinski definition) is 5. The first-order chi connectivity index (χ1) is 12.1. The lowest BCUT2D eigenvalue weighted by molar-refractivity contribution is 0.0244. The van der Waals surface area contributed by atoms with Crippen molar-refractivity contribution in [3.63, 3.8) is 0 Å². The van der Waals surface area contributed by atoms with Crippen LogP contribution in [0.2, 0.25) is 0 Å². The Labute approximate surface area is 149 Å². The fourth-order valence-electron chi connectivity index (χ4n) is 2.47. The van der Waals surface area contributed by atoms with Gasteiger partial charge in [-0.3, -0.25) is 8.78 Å². The number of carbonyl (C=O) groups excluding carboxylic acids is 1. The van der Waals surface area contributed by atoms with Gasteiger partial charge in [-0.05, 0) is 39.0 Å². The number of aliphatic imine (C=N–C) groups is 1. The molecule has 1 aromatic carbocycles. The Hall–Kier alpha value is -2.45. The number of anilines is 1. The van der Waals surface area contributed by atoms with Crippen molar-refractivity contribution in [1.82, 2.24) is 5.32 Å². The first kappa shape index (κ1) is 19.9. The maximum absolute atomic E-state index is 14.3. The number of benzene rings is 1. The molecule has 144 valence electrons. The molecule has 0 fully saturated rings. The van der Waals surface area contributed by atoms with Crippen molar-refractivity contribution in [2.24, 2.45) is 10.4 Å². The van der Waals surface area contributed by atoms with Gasteiger partial charge < -0.3 is 15.2 Å². The minimum Gasteiger partial charge on any atom is -0.464 e. The number of nitrogens with two attached hydrogens (primary N) is 1. The number of amides is 1. The van der Waals surface area contributed by atoms with Gasteiger partial charge in [-0.1, -0.05) is 0 Å². The van der Waals surface area contributed by atoms with Gasteiger partial charge >= 0.3 is 6.09 Å². The van der Waals surface area contributed by atoms with Crippen molar-refractivity contribution in [2.75, 3.05) is 25.7 Å². The molecule has 0 bridgehead atoms. The molecular weight excluding hydrogens is 351 g/mol. The number of ether oxygens (including phenoxy) is 2. The van der Waals surface area contributed by atoms with E-state index in [1.54, 1.807) is 20.8 Å². The van der Waals surface area contributed by atoms with E-state index in [0.717, 1.165) is 6.07 Å². The lowest BCUT2D eigenvalue weighted by Crippen LogP contribution is -2.47. The van der Waals surface area contributed by atoms with E-state index in [4.69, 9.17) is 15.2 Å². The molecule has 1 aliphatic rings. The molecule has 0 aliphatic carbocycles. The summed E-state index contributed by atoms with van der Waals surface area (Å²) in [6.07, 6.45) is -0.851. The van der Waals surface area contributed by atoms with Gasteiger partial charge in [0.05, 0.1) is 11.5 Å². The van der Waals surface area contributed by atoms with Crippen molar-refractivity contribution in [1.29, 1.82) is 0 Å². The third-order valence-corrected chi connectivity index (χ3v) is 3.78. The Bertz CT molecular complexity index is 700. The quantitative estimate of drug-likeness (QED) is 0.796. The summed E-state index contributed by atoms with van der Waals surface area (Å²) < 4.78 is 51.8. The summed E-state index contributed by atoms with van der Waals surface area (Å²) in [5, 5.41) is 2.26. The fourth-order valence-corrected chi connectivity index (χ4v) is 2.47. The fraction of sp³-hybridized carbons (Fsp3) is 0.529. The maximum atomic E-state index is 14.3. The SMILES string of the molecule is CC(C)(C)OC(=O)NC1=N[C@@H](c2cc(N)ccc2F)C(CF)(CF)CO1. The molecule has 0 saturated carbocycles. The normalized spacial score (nSPS) is 19.3. The van der Waals surface area contributed by atoms with E-state index in [9.17, 15) is 18.0 Å². The third kappa shape index (κ3) is 4.39. The second-order valence-corrected chi connectivity index (χ2v) is 7.16. The lowest BCUT2D eigenvalue weighted by Gasteiger charge is -2.37. The van der Waals surface area contributed by atoms with Crippen LogP contribution in [-0.2, 0) is 9.47 Å². The zero-order chi connectivity index (χ0) is 19.5. The van der Waals surface area contributed by atoms with Gasteiger partial charge in [0.1, 0.15) is 31.4 Å². The summed E-state index contributed by atoms with van der Waals surface area (Å²) in [4.78, 5) is 15.9. The van der Waals surface area contributed by atoms with E-state index in [-0.39, 0.29) is 17.3 Å². The Morgan fingerprint density at radius 1 is 1.42 bits per heavy atom. The van der Waals surface area contributed by atoms with E-state index in [1.807, 2.05) is 0 Å². The summed E-state index contributed by atoms with van der Waals surface area (Å²) in [5.74, 6) is -0.710. The number of alkyl carbamates (subject to hydrolysis) is 1. The highest BCUT2D eigenvalue weighted by atomic mass is 19.1. The average molecular weight is 373 g/mol. The molecule has 1 amide bonds. The molecule has 1 heterocycles. The molecule has 0 saturated heterocycles. The van der Waals surface area contributed by atoms with Crippen LogP contribution in [0.25, 0.3) is 0 Å². The summed E-state index contributed by atoms with van der Waals surface area (Å²) in [6, 6.07) is 2.12. The van der Waals surface area contributed by atoms with Gasteiger partial charge in [0.25, 0.3) is 6.02 Å². The molecule has 0 radical (unpaired) electrons. The Morgan fingerprint density at radius 2 is 2.08 bits per heavy atom. The molecule has 1 aromatic rings. The van der Waals surface area contributed by atoms with Gasteiger partial charge in [0.2, 0.25) is 0 Å². The van der Waals surface area contributed by atoms with Crippen LogP contribution in [0, 0.1) is 11.2 Å². The molecule has 1 atom stereocenters. The topological polar surface area (TPSA) is 85.9 Å². The predicted octanol–water partition coefficient (Wildman–Crippen LogP) is 3.29. The molecule has 0 unspecified atom stereocenters. The molecule has 2 rings (SSSR count). The summed E-state index contributed by atoms with van der Waals surface area (Å²) in [7, 11) is 0. The molecule has 6 nitrogen and oxygen atoms in total. The van der Waals surface area contributed by atoms with Crippen LogP contribution in [-0.4, -0.2) is 37.7 Å². The van der Waals surface area contributed by atoms with E-state index in [0.29, 0.717) is 0 Å². The minimum absolute atomic E-state index is 0.0768. The Balaban J connectivity index is 2.38. The van der Waals surface area contributed by atoms with Crippen molar-refractivity contribution in [3.05, 3.63) is 29.6 Å². The van der Waals surface area contributed by atoms with E-state index < -0.39 is 48.9 Å². The molecule has 9 heteroatoms. The number of rotatable bonds is 3. The van der Waals surface area contributed by atoms with Crippen molar-refractivity contribution in [2.45, 2.75) is 32.4 Å². The number of alkyl halides is 2. The molecule has 0 spiro atoms. The first-order valence-corrected chi connectivity index (χ1v) is 7.98. The van der Waals surface area contributed by atoms with Crippen molar-refractivity contribution < 1.29 is 27.4 Å². The van der Waals surface area contributed by atoms with Gasteiger partial charge in [-0.2, -0.15) is 0 Å². The average Bonchev–Trinajstić information content (AvgIpc) is 2.55. The van der Waals surface area contributed by atoms with Gasteiger partial charge in [-0.15, -0.1) is 0 Å². The number of hydrogen-bond donors (Lipinski definition) is 2. The maximum Gasteiger partial charge on any atom is 0.415 e. The number of carbonyl (C=O) groups is 1. The molecule has 26 heavy (non-hydrogen) atoms. The smallest absolute Gasteiger partial charge is 0.415 e. The minimum atomic E-state index is -1.71. The highest BCUT2D eigenvalue weighted by molar-refractivity contribution is 5.91. The zero-order valence-corrected chi connectivity index (χ0v) is 14.8. The standard InChI is InChI=1S/C17H22F3N3O3/c1-16(2,3)26-15(24)23-14-22-13(17(7-18,8-19)9-25-14)11-6-10(21)4-5-12(11)20/h4-6,13H,7-9,21H2,1-3H3,(H,22,23,24)/t13-/m0/s1. The van der Waals surface area contributed by atoms with Crippen molar-refractivity contribution in [3.8, 4) is 0 Å². The number of amidine groups is 1. The molecule has 3 N–H and O–H groups in total. The zero-order valence-electron chi connectivity index (χ0n) is 14.8. The van der Waals surface area contributed by atoms with Gasteiger partial charge in [0.15, 0.2) is 0 Å². The monoisotopic (exact) mass is 373 g/mol. The van der Waals surface area contributed by atoms with E-state index >= 15 is 0 Å². The first-order valence-electron chi connectivity index (χ1n) is 7.98. The van der Waals surface area contributed by atoms with Crippen molar-refractivity contribution >= 4 is 17.8 Å². The molecule has 1 aliphatic heterocycles. The van der Waals surface area contributed by atoms with Crippen LogP contribution in [0.3, 0.4) is 0 Å². The summed E-state index contributed by atoms with van der Waals surface area (Å²) >= 11 is 0.